The van der Waals surface area contributed by atoms with E-state index >= 15 is 0 Å². The lowest BCUT2D eigenvalue weighted by molar-refractivity contribution is 0.0970. The predicted octanol–water partition coefficient (Wildman–Crippen LogP) is 2.79. The lowest BCUT2D eigenvalue weighted by Crippen LogP contribution is -2.26. The van der Waals surface area contributed by atoms with Crippen molar-refractivity contribution in [1.29, 1.82) is 0 Å². The van der Waals surface area contributed by atoms with Gasteiger partial charge in [-0.25, -0.2) is 4.79 Å². The van der Waals surface area contributed by atoms with Crippen molar-refractivity contribution in [3.63, 3.8) is 0 Å². The first-order valence-corrected chi connectivity index (χ1v) is 7.35. The second-order valence-electron chi connectivity index (χ2n) is 6.02. The second kappa shape index (κ2) is 5.02. The van der Waals surface area contributed by atoms with E-state index < -0.39 is 0 Å². The van der Waals surface area contributed by atoms with Crippen LogP contribution in [0.5, 0.6) is 0 Å². The predicted molar refractivity (Wildman–Crippen MR) is 81.9 cm³/mol. The molecule has 0 saturated heterocycles. The fourth-order valence-electron chi connectivity index (χ4n) is 2.68. The van der Waals surface area contributed by atoms with Crippen LogP contribution in [0.2, 0.25) is 0 Å². The van der Waals surface area contributed by atoms with Gasteiger partial charge in [0.25, 0.3) is 0 Å². The number of carbonyl (C=O) groups excluding carboxylic acids is 1. The molecule has 0 N–H and O–H groups in total. The van der Waals surface area contributed by atoms with Gasteiger partial charge in [-0.3, -0.25) is 13.9 Å². The van der Waals surface area contributed by atoms with Gasteiger partial charge in [-0.15, -0.1) is 0 Å². The maximum Gasteiger partial charge on any atom is 0.328 e. The monoisotopic (exact) mass is 284 g/mol. The van der Waals surface area contributed by atoms with E-state index in [1.54, 1.807) is 17.0 Å². The van der Waals surface area contributed by atoms with Crippen LogP contribution in [-0.4, -0.2) is 14.9 Å². The first-order valence-electron chi connectivity index (χ1n) is 7.35. The Labute approximate surface area is 124 Å². The number of rotatable bonds is 4. The maximum atomic E-state index is 12.5. The smallest absolute Gasteiger partial charge is 0.296 e. The summed E-state index contributed by atoms with van der Waals surface area (Å²) in [7, 11) is 0. The standard InChI is InChI=1S/C17H20N2O2/c1-11-8-13(3)15(9-12(11)2)16(20)10-18-6-7-19(17(18)21)14-4-5-14/h6-9,14H,4-5,10H2,1-3H3. The topological polar surface area (TPSA) is 44.0 Å². The number of hydrogen-bond donors (Lipinski definition) is 0. The van der Waals surface area contributed by atoms with Gasteiger partial charge >= 0.3 is 5.69 Å². The van der Waals surface area contributed by atoms with Gasteiger partial charge in [0.15, 0.2) is 5.78 Å². The van der Waals surface area contributed by atoms with Crippen LogP contribution < -0.4 is 5.69 Å². The summed E-state index contributed by atoms with van der Waals surface area (Å²) in [6, 6.07) is 4.30. The lowest BCUT2D eigenvalue weighted by atomic mass is 9.98. The van der Waals surface area contributed by atoms with Crippen molar-refractivity contribution < 1.29 is 4.79 Å². The van der Waals surface area contributed by atoms with E-state index in [0.717, 1.165) is 24.0 Å². The van der Waals surface area contributed by atoms with Crippen LogP contribution in [0.1, 0.15) is 45.9 Å². The van der Waals surface area contributed by atoms with Crippen molar-refractivity contribution in [2.24, 2.45) is 0 Å². The van der Waals surface area contributed by atoms with Crippen LogP contribution >= 0.6 is 0 Å². The number of imidazole rings is 1. The highest BCUT2D eigenvalue weighted by molar-refractivity contribution is 5.97. The second-order valence-corrected chi connectivity index (χ2v) is 6.02. The Balaban J connectivity index is 1.87. The van der Waals surface area contributed by atoms with Gasteiger partial charge in [0.05, 0.1) is 6.54 Å². The molecule has 1 fully saturated rings. The molecule has 0 radical (unpaired) electrons. The Bertz CT molecular complexity index is 764. The zero-order chi connectivity index (χ0) is 15.1. The fraction of sp³-hybridized carbons (Fsp3) is 0.412. The summed E-state index contributed by atoms with van der Waals surface area (Å²) < 4.78 is 3.25. The van der Waals surface area contributed by atoms with Gasteiger partial charge < -0.3 is 0 Å². The Morgan fingerprint density at radius 1 is 1.10 bits per heavy atom. The molecule has 0 unspecified atom stereocenters. The highest BCUT2D eigenvalue weighted by Gasteiger charge is 2.26. The number of carbonyl (C=O) groups is 1. The first kappa shape index (κ1) is 13.9. The summed E-state index contributed by atoms with van der Waals surface area (Å²) in [6.07, 6.45) is 5.64. The first-order chi connectivity index (χ1) is 9.97. The van der Waals surface area contributed by atoms with Crippen molar-refractivity contribution in [2.45, 2.75) is 46.2 Å². The number of benzene rings is 1. The summed E-state index contributed by atoms with van der Waals surface area (Å²) in [5, 5.41) is 0. The summed E-state index contributed by atoms with van der Waals surface area (Å²) in [5.74, 6) is -0.00810. The maximum absolute atomic E-state index is 12.5. The molecule has 3 rings (SSSR count). The molecule has 1 aromatic heterocycles. The Hall–Kier alpha value is -2.10. The molecule has 1 aromatic carbocycles. The number of Topliss-reactive ketones (excluding diaryl/α,β-unsaturated/α-hetero) is 1. The molecule has 110 valence electrons. The molecule has 1 aliphatic rings. The molecule has 0 aliphatic heterocycles. The minimum absolute atomic E-state index is 0.00810. The molecule has 2 aromatic rings. The van der Waals surface area contributed by atoms with Gasteiger partial charge in [0.2, 0.25) is 0 Å². The lowest BCUT2D eigenvalue weighted by Gasteiger charge is -2.09. The molecular formula is C17H20N2O2. The minimum Gasteiger partial charge on any atom is -0.296 e. The highest BCUT2D eigenvalue weighted by atomic mass is 16.2. The summed E-state index contributed by atoms with van der Waals surface area (Å²) in [6.45, 7) is 6.10. The average molecular weight is 284 g/mol. The zero-order valence-electron chi connectivity index (χ0n) is 12.7. The SMILES string of the molecule is Cc1cc(C)c(C(=O)Cn2ccn(C3CC3)c2=O)cc1C. The van der Waals surface area contributed by atoms with Gasteiger partial charge in [0, 0.05) is 24.0 Å². The number of aromatic nitrogens is 2. The molecule has 21 heavy (non-hydrogen) atoms. The number of aryl methyl sites for hydroxylation is 3. The van der Waals surface area contributed by atoms with Gasteiger partial charge in [-0.2, -0.15) is 0 Å². The van der Waals surface area contributed by atoms with E-state index in [2.05, 4.69) is 0 Å². The van der Waals surface area contributed by atoms with E-state index in [1.165, 1.54) is 10.1 Å². The van der Waals surface area contributed by atoms with E-state index in [-0.39, 0.29) is 18.0 Å². The molecule has 0 spiro atoms. The Morgan fingerprint density at radius 3 is 2.43 bits per heavy atom. The van der Waals surface area contributed by atoms with Crippen molar-refractivity contribution in [3.8, 4) is 0 Å². The van der Waals surface area contributed by atoms with Gasteiger partial charge in [-0.1, -0.05) is 6.07 Å². The van der Waals surface area contributed by atoms with E-state index in [0.29, 0.717) is 11.6 Å². The summed E-state index contributed by atoms with van der Waals surface area (Å²) >= 11 is 0. The molecule has 4 nitrogen and oxygen atoms in total. The molecule has 4 heteroatoms. The summed E-state index contributed by atoms with van der Waals surface area (Å²) in [5.41, 5.74) is 3.89. The van der Waals surface area contributed by atoms with Crippen molar-refractivity contribution in [2.75, 3.05) is 0 Å². The molecule has 0 atom stereocenters. The van der Waals surface area contributed by atoms with Crippen LogP contribution in [0, 0.1) is 20.8 Å². The molecular weight excluding hydrogens is 264 g/mol. The molecule has 1 saturated carbocycles. The van der Waals surface area contributed by atoms with E-state index in [4.69, 9.17) is 0 Å². The minimum atomic E-state index is -0.0765. The fourth-order valence-corrected chi connectivity index (χ4v) is 2.68. The Morgan fingerprint density at radius 2 is 1.76 bits per heavy atom. The van der Waals surface area contributed by atoms with Crippen LogP contribution in [0.25, 0.3) is 0 Å². The third-order valence-corrected chi connectivity index (χ3v) is 4.27. The van der Waals surface area contributed by atoms with Crippen LogP contribution in [0.15, 0.2) is 29.3 Å². The Kier molecular flexibility index (Phi) is 3.32. The number of hydrogen-bond acceptors (Lipinski definition) is 2. The van der Waals surface area contributed by atoms with E-state index in [1.807, 2.05) is 32.9 Å². The van der Waals surface area contributed by atoms with Crippen molar-refractivity contribution in [3.05, 3.63) is 57.3 Å². The van der Waals surface area contributed by atoms with Crippen LogP contribution in [0.3, 0.4) is 0 Å². The van der Waals surface area contributed by atoms with Crippen LogP contribution in [0.4, 0.5) is 0 Å². The zero-order valence-corrected chi connectivity index (χ0v) is 12.7. The number of ketones is 1. The third-order valence-electron chi connectivity index (χ3n) is 4.27. The molecule has 0 bridgehead atoms. The largest absolute Gasteiger partial charge is 0.328 e. The molecule has 1 heterocycles. The highest BCUT2D eigenvalue weighted by Crippen LogP contribution is 2.33. The molecule has 0 amide bonds. The number of nitrogens with zero attached hydrogens (tertiary/aromatic N) is 2. The normalized spacial score (nSPS) is 14.4. The third kappa shape index (κ3) is 2.58. The average Bonchev–Trinajstić information content (AvgIpc) is 3.20. The molecule has 1 aliphatic carbocycles. The summed E-state index contributed by atoms with van der Waals surface area (Å²) in [4.78, 5) is 24.7. The van der Waals surface area contributed by atoms with Crippen molar-refractivity contribution in [1.82, 2.24) is 9.13 Å². The quantitative estimate of drug-likeness (QED) is 0.810. The van der Waals surface area contributed by atoms with Gasteiger partial charge in [0.1, 0.15) is 0 Å². The van der Waals surface area contributed by atoms with E-state index in [9.17, 15) is 9.59 Å². The van der Waals surface area contributed by atoms with Crippen molar-refractivity contribution >= 4 is 5.78 Å². The van der Waals surface area contributed by atoms with Crippen LogP contribution in [-0.2, 0) is 6.54 Å². The van der Waals surface area contributed by atoms with Gasteiger partial charge in [-0.05, 0) is 56.4 Å².